The van der Waals surface area contributed by atoms with Gasteiger partial charge in [0.25, 0.3) is 0 Å². The number of halogens is 4. The minimum Gasteiger partial charge on any atom is -0.351 e. The molecule has 22 nitrogen and oxygen atoms in total. The fourth-order valence-corrected chi connectivity index (χ4v) is 15.4. The van der Waals surface area contributed by atoms with Crippen LogP contribution >= 0.6 is 11.6 Å². The first-order valence-corrected chi connectivity index (χ1v) is 34.4. The lowest BCUT2D eigenvalue weighted by Gasteiger charge is -2.45. The van der Waals surface area contributed by atoms with E-state index in [0.29, 0.717) is 25.7 Å². The number of nitrogens with zero attached hydrogens (tertiary/aromatic N) is 7. The highest BCUT2D eigenvalue weighted by Crippen LogP contribution is 2.44. The Labute approximate surface area is 548 Å². The van der Waals surface area contributed by atoms with Crippen molar-refractivity contribution in [1.82, 2.24) is 55.6 Å². The monoisotopic (exact) mass is 1320 g/mol. The van der Waals surface area contributed by atoms with E-state index in [1.807, 2.05) is 20.8 Å². The summed E-state index contributed by atoms with van der Waals surface area (Å²) in [5, 5.41) is 10.5. The van der Waals surface area contributed by atoms with Gasteiger partial charge in [0.05, 0.1) is 12.5 Å². The molecule has 3 aliphatic carbocycles. The van der Waals surface area contributed by atoms with E-state index in [-0.39, 0.29) is 108 Å². The summed E-state index contributed by atoms with van der Waals surface area (Å²) in [6.07, 6.45) is 3.22. The highest BCUT2D eigenvalue weighted by Gasteiger charge is 2.51. The summed E-state index contributed by atoms with van der Waals surface area (Å²) < 4.78 is 41.8. The smallest absolute Gasteiger partial charge is 0.351 e. The summed E-state index contributed by atoms with van der Waals surface area (Å²) in [6.45, 7) is 13.9. The molecule has 6 aliphatic rings. The van der Waals surface area contributed by atoms with Crippen molar-refractivity contribution in [2.45, 2.75) is 262 Å². The summed E-state index contributed by atoms with van der Waals surface area (Å²) in [4.78, 5) is 171. The van der Waals surface area contributed by atoms with Gasteiger partial charge in [0.15, 0.2) is 0 Å². The molecule has 520 valence electrons. The third-order valence-electron chi connectivity index (χ3n) is 21.0. The molecule has 0 radical (unpaired) electrons. The van der Waals surface area contributed by atoms with Crippen LogP contribution in [0.5, 0.6) is 0 Å². The van der Waals surface area contributed by atoms with E-state index in [9.17, 15) is 56.3 Å². The lowest BCUT2D eigenvalue weighted by atomic mass is 9.78. The zero-order valence-electron chi connectivity index (χ0n) is 56.8. The summed E-state index contributed by atoms with van der Waals surface area (Å²) in [7, 11) is 7.35. The van der Waals surface area contributed by atoms with Gasteiger partial charge in [0.2, 0.25) is 65.0 Å². The molecule has 6 fully saturated rings. The van der Waals surface area contributed by atoms with Crippen LogP contribution < -0.4 is 21.3 Å². The summed E-state index contributed by atoms with van der Waals surface area (Å²) >= 11 is 6.37. The van der Waals surface area contributed by atoms with Crippen molar-refractivity contribution >= 4 is 76.6 Å². The Bertz CT molecular complexity index is 2660. The molecule has 3 aliphatic heterocycles. The molecule has 3 heterocycles. The summed E-state index contributed by atoms with van der Waals surface area (Å²) in [6, 6.07) is -9.68. The minimum atomic E-state index is -4.49. The third-order valence-corrected chi connectivity index (χ3v) is 21.5. The Morgan fingerprint density at radius 3 is 1.83 bits per heavy atom. The Kier molecular flexibility index (Phi) is 26.7. The molecule has 13 atom stereocenters. The van der Waals surface area contributed by atoms with Crippen molar-refractivity contribution in [1.29, 1.82) is 0 Å². The number of carbonyl (C=O) groups is 11. The average Bonchev–Trinajstić information content (AvgIpc) is 1.23. The molecule has 0 aromatic rings. The van der Waals surface area contributed by atoms with Gasteiger partial charge >= 0.3 is 6.18 Å². The molecule has 4 N–H and O–H groups in total. The topological polar surface area (TPSA) is 259 Å². The van der Waals surface area contributed by atoms with Crippen molar-refractivity contribution in [2.24, 2.45) is 35.5 Å². The normalized spacial score (nSPS) is 31.6. The van der Waals surface area contributed by atoms with Gasteiger partial charge in [0.1, 0.15) is 53.9 Å². The van der Waals surface area contributed by atoms with Gasteiger partial charge in [-0.25, -0.2) is 0 Å². The maximum atomic E-state index is 15.1. The molecule has 1 spiro atoms. The van der Waals surface area contributed by atoms with Gasteiger partial charge in [0, 0.05) is 66.2 Å². The number of alkyl halides is 4. The van der Waals surface area contributed by atoms with E-state index in [2.05, 4.69) is 21.3 Å². The van der Waals surface area contributed by atoms with E-state index in [4.69, 9.17) is 11.6 Å². The molecule has 3 saturated carbocycles. The van der Waals surface area contributed by atoms with Crippen LogP contribution in [0.4, 0.5) is 13.2 Å². The molecule has 6 rings (SSSR count). The number of hydrogen-bond acceptors (Lipinski definition) is 11. The molecular weight excluding hydrogens is 1220 g/mol. The van der Waals surface area contributed by atoms with Crippen molar-refractivity contribution in [2.75, 3.05) is 54.9 Å². The highest BCUT2D eigenvalue weighted by molar-refractivity contribution is 6.20. The van der Waals surface area contributed by atoms with Crippen molar-refractivity contribution < 1.29 is 65.9 Å². The van der Waals surface area contributed by atoms with Crippen LogP contribution in [-0.4, -0.2) is 226 Å². The van der Waals surface area contributed by atoms with Crippen LogP contribution in [0.25, 0.3) is 0 Å². The number of hydrogen-bond donors (Lipinski definition) is 4. The lowest BCUT2D eigenvalue weighted by molar-refractivity contribution is -0.182. The van der Waals surface area contributed by atoms with Gasteiger partial charge in [-0.2, -0.15) is 13.2 Å². The molecule has 0 bridgehead atoms. The van der Waals surface area contributed by atoms with Crippen molar-refractivity contribution in [3.63, 3.8) is 0 Å². The predicted octanol–water partition coefficient (Wildman–Crippen LogP) is 5.76. The van der Waals surface area contributed by atoms with Gasteiger partial charge in [-0.05, 0) is 120 Å². The van der Waals surface area contributed by atoms with E-state index in [1.165, 1.54) is 69.5 Å². The van der Waals surface area contributed by atoms with Crippen LogP contribution in [0.2, 0.25) is 0 Å². The van der Waals surface area contributed by atoms with E-state index in [0.717, 1.165) is 32.1 Å². The van der Waals surface area contributed by atoms with Gasteiger partial charge < -0.3 is 55.6 Å². The molecule has 92 heavy (non-hydrogen) atoms. The van der Waals surface area contributed by atoms with Gasteiger partial charge in [-0.15, -0.1) is 11.6 Å². The Balaban J connectivity index is 1.36. The van der Waals surface area contributed by atoms with E-state index < -0.39 is 161 Å². The second-order valence-corrected chi connectivity index (χ2v) is 29.2. The molecule has 0 aromatic carbocycles. The quantitative estimate of drug-likeness (QED) is 0.191. The standard InChI is InChI=1S/C66H107ClF3N11O11/c1-14-40(6)54-63(91)76(10)42(8)59(87)81-32-28-49(81)62(90)78(12)51(36-43-21-16-15-17-22-43)61(89)75(9)37-52(82)72-47(27-25-44-24-26-45(46(67)35-44)66(68,69)70)60(88)80-31-20-23-48(80)57(85)74-65(29-18-19-30-65)64(92)79(13)55(39(4)5)58(86)71-41(7)34-53(83)77(11)50(33-38(2)3)56(84)73-54/h38-51,54-55H,14-37H2,1-13H3,(H,71,86)(H,72,82)(H,73,84)(H,74,85)/t40-,41+,42-,44?,45?,46?,47-,48-,49-,50-,51-,54-,55-/m0/s1. The largest absolute Gasteiger partial charge is 0.393 e. The third kappa shape index (κ3) is 18.2. The molecule has 11 amide bonds. The van der Waals surface area contributed by atoms with Crippen LogP contribution in [-0.2, 0) is 52.7 Å². The lowest BCUT2D eigenvalue weighted by Crippen LogP contribution is -2.65. The molecular formula is C66H107ClF3N11O11. The number of amides is 11. The summed E-state index contributed by atoms with van der Waals surface area (Å²) in [5.74, 6) is -9.33. The van der Waals surface area contributed by atoms with E-state index in [1.54, 1.807) is 34.6 Å². The minimum absolute atomic E-state index is 0.0164. The van der Waals surface area contributed by atoms with Gasteiger partial charge in [-0.1, -0.05) is 92.9 Å². The second kappa shape index (κ2) is 32.6. The van der Waals surface area contributed by atoms with Gasteiger partial charge in [-0.3, -0.25) is 52.7 Å². The summed E-state index contributed by atoms with van der Waals surface area (Å²) in [5.41, 5.74) is -1.48. The number of carbonyl (C=O) groups excluding carboxylic acids is 11. The molecule has 3 saturated heterocycles. The van der Waals surface area contributed by atoms with Crippen molar-refractivity contribution in [3.05, 3.63) is 0 Å². The maximum absolute atomic E-state index is 15.1. The fourth-order valence-electron chi connectivity index (χ4n) is 14.9. The maximum Gasteiger partial charge on any atom is 0.393 e. The first-order valence-electron chi connectivity index (χ1n) is 34.0. The van der Waals surface area contributed by atoms with E-state index >= 15 is 9.59 Å². The fraction of sp³-hybridized carbons (Fsp3) is 0.833. The number of fused-ring (bicyclic) bond motifs is 2. The number of nitrogens with one attached hydrogen (secondary N) is 4. The molecule has 26 heteroatoms. The Morgan fingerprint density at radius 1 is 0.609 bits per heavy atom. The first kappa shape index (κ1) is 75.3. The van der Waals surface area contributed by atoms with Crippen LogP contribution in [0.3, 0.4) is 0 Å². The zero-order chi connectivity index (χ0) is 68.4. The Hall–Kier alpha value is -5.75. The highest BCUT2D eigenvalue weighted by atomic mass is 35.5. The number of rotatable bonds is 10. The Morgan fingerprint density at radius 2 is 1.25 bits per heavy atom. The predicted molar refractivity (Wildman–Crippen MR) is 341 cm³/mol. The molecule has 3 unspecified atom stereocenters. The number of likely N-dealkylation sites (N-methyl/N-ethyl adjacent to an activating group) is 5. The average molecular weight is 1320 g/mol. The van der Waals surface area contributed by atoms with Crippen molar-refractivity contribution in [3.8, 4) is 0 Å². The second-order valence-electron chi connectivity index (χ2n) is 28.6. The first-order chi connectivity index (χ1) is 43.1. The van der Waals surface area contributed by atoms with Crippen LogP contribution in [0.15, 0.2) is 0 Å². The zero-order valence-corrected chi connectivity index (χ0v) is 57.6. The molecule has 0 aromatic heterocycles. The van der Waals surface area contributed by atoms with Crippen LogP contribution in [0, 0.1) is 35.5 Å². The SMILES string of the molecule is CC[C@H](C)[C@@H]1NC(=O)[C@H](CC(C)C)N(C)C(=O)C[C@@H](C)NC(=O)[C@H](C(C)C)N(C)C(=O)C2(CCCC2)NC(=O)[C@@H]2CCCN2C(=O)[C@H](CCC2CCC(C(F)(F)F)C(Cl)C2)NC(=O)CN(C)C(=O)[C@H](CC2CCCCC2)N(C)C(=O)[C@@H]2CCN2C(=O)[C@H](C)N(C)C1=O. The van der Waals surface area contributed by atoms with Crippen LogP contribution in [0.1, 0.15) is 190 Å².